The van der Waals surface area contributed by atoms with Crippen LogP contribution in [-0.4, -0.2) is 70.0 Å². The second-order valence-electron chi connectivity index (χ2n) is 11.5. The lowest BCUT2D eigenvalue weighted by Crippen LogP contribution is -2.56. The minimum absolute atomic E-state index is 0.0749. The molecule has 0 aromatic carbocycles. The quantitative estimate of drug-likeness (QED) is 0.236. The molecule has 0 amide bonds. The zero-order valence-corrected chi connectivity index (χ0v) is 25.6. The molecule has 0 bridgehead atoms. The van der Waals surface area contributed by atoms with E-state index in [0.717, 1.165) is 25.7 Å². The molecule has 0 aromatic rings. The molecule has 1 saturated heterocycles. The molecular formula is C29H57NO5Si. The normalized spacial score (nSPS) is 31.8. The first kappa shape index (κ1) is 31.7. The lowest BCUT2D eigenvalue weighted by molar-refractivity contribution is -0.274. The number of rotatable bonds is 9. The van der Waals surface area contributed by atoms with Crippen LogP contribution in [0.5, 0.6) is 0 Å². The molecule has 36 heavy (non-hydrogen) atoms. The molecule has 0 spiro atoms. The van der Waals surface area contributed by atoms with Crippen molar-refractivity contribution in [3.63, 3.8) is 0 Å². The zero-order valence-electron chi connectivity index (χ0n) is 24.6. The standard InChI is InChI=1S/C29H57NO5Si/c1-8-36(9-2,10-3)35-26-20-15-12-11-14-18-25(19-16-13-17-21-26)34-29-28(33-24(5)31)27(30(6)7)22-23(4)32-29/h23,25-29H,8-22H2,1-7H3/t23-,25?,26?,27+,28-,29+/m1/s1. The van der Waals surface area contributed by atoms with E-state index in [4.69, 9.17) is 18.6 Å². The Hall–Kier alpha value is -0.473. The smallest absolute Gasteiger partial charge is 0.303 e. The van der Waals surface area contributed by atoms with Gasteiger partial charge in [-0.15, -0.1) is 0 Å². The summed E-state index contributed by atoms with van der Waals surface area (Å²) in [6, 6.07) is 3.81. The van der Waals surface area contributed by atoms with Gasteiger partial charge in [-0.3, -0.25) is 4.79 Å². The Morgan fingerprint density at radius 3 is 1.83 bits per heavy atom. The van der Waals surface area contributed by atoms with Gasteiger partial charge < -0.3 is 23.5 Å². The Labute approximate surface area is 223 Å². The molecule has 212 valence electrons. The molecule has 1 saturated carbocycles. The van der Waals surface area contributed by atoms with Crippen LogP contribution < -0.4 is 0 Å². The van der Waals surface area contributed by atoms with E-state index in [0.29, 0.717) is 6.10 Å². The van der Waals surface area contributed by atoms with Crippen molar-refractivity contribution in [1.82, 2.24) is 4.90 Å². The highest BCUT2D eigenvalue weighted by Crippen LogP contribution is 2.31. The van der Waals surface area contributed by atoms with Crippen LogP contribution >= 0.6 is 0 Å². The second kappa shape index (κ2) is 16.5. The number of hydrogen-bond donors (Lipinski definition) is 0. The molecule has 1 heterocycles. The van der Waals surface area contributed by atoms with Crippen molar-refractivity contribution in [2.24, 2.45) is 0 Å². The number of ether oxygens (including phenoxy) is 3. The van der Waals surface area contributed by atoms with Crippen molar-refractivity contribution in [2.75, 3.05) is 14.1 Å². The van der Waals surface area contributed by atoms with Gasteiger partial charge in [-0.05, 0) is 71.3 Å². The molecule has 1 aliphatic carbocycles. The highest BCUT2D eigenvalue weighted by Gasteiger charge is 2.42. The van der Waals surface area contributed by atoms with Gasteiger partial charge in [-0.2, -0.15) is 0 Å². The van der Waals surface area contributed by atoms with Crippen LogP contribution in [-0.2, 0) is 23.4 Å². The Balaban J connectivity index is 1.99. The van der Waals surface area contributed by atoms with Crippen LogP contribution in [0, 0.1) is 0 Å². The van der Waals surface area contributed by atoms with Gasteiger partial charge in [0, 0.05) is 13.0 Å². The van der Waals surface area contributed by atoms with Gasteiger partial charge in [0.15, 0.2) is 20.7 Å². The fourth-order valence-electron chi connectivity index (χ4n) is 6.06. The SMILES string of the molecule is CC[Si](CC)(CC)OC1CCCCCCC(O[C@@H]2O[C@H](C)C[C@H](N(C)C)[C@H]2OC(C)=O)CCCCC1. The highest BCUT2D eigenvalue weighted by molar-refractivity contribution is 6.73. The molecule has 6 nitrogen and oxygen atoms in total. The first-order valence-electron chi connectivity index (χ1n) is 15.1. The van der Waals surface area contributed by atoms with Crippen LogP contribution in [0.15, 0.2) is 0 Å². The summed E-state index contributed by atoms with van der Waals surface area (Å²) in [5.74, 6) is -0.272. The lowest BCUT2D eigenvalue weighted by Gasteiger charge is -2.43. The Morgan fingerprint density at radius 2 is 1.36 bits per heavy atom. The van der Waals surface area contributed by atoms with E-state index in [1.165, 1.54) is 76.4 Å². The molecule has 2 unspecified atom stereocenters. The van der Waals surface area contributed by atoms with E-state index < -0.39 is 20.7 Å². The number of carbonyl (C=O) groups excluding carboxylic acids is 1. The van der Waals surface area contributed by atoms with Crippen LogP contribution in [0.1, 0.15) is 112 Å². The highest BCUT2D eigenvalue weighted by atomic mass is 28.4. The molecule has 0 N–H and O–H groups in total. The summed E-state index contributed by atoms with van der Waals surface area (Å²) in [5.41, 5.74) is 0. The Kier molecular flexibility index (Phi) is 14.5. The van der Waals surface area contributed by atoms with Crippen molar-refractivity contribution in [2.45, 2.75) is 167 Å². The van der Waals surface area contributed by atoms with Gasteiger partial charge in [0.05, 0.1) is 18.2 Å². The van der Waals surface area contributed by atoms with E-state index in [1.807, 2.05) is 14.1 Å². The summed E-state index contributed by atoms with van der Waals surface area (Å²) in [5, 5.41) is 0. The molecule has 2 fully saturated rings. The van der Waals surface area contributed by atoms with Crippen LogP contribution in [0.4, 0.5) is 0 Å². The third kappa shape index (κ3) is 10.4. The molecule has 7 heteroatoms. The lowest BCUT2D eigenvalue weighted by atomic mass is 9.98. The van der Waals surface area contributed by atoms with Crippen molar-refractivity contribution in [1.29, 1.82) is 0 Å². The fourth-order valence-corrected chi connectivity index (χ4v) is 9.00. The maximum atomic E-state index is 11.9. The van der Waals surface area contributed by atoms with E-state index in [-0.39, 0.29) is 24.2 Å². The van der Waals surface area contributed by atoms with Gasteiger partial charge >= 0.3 is 5.97 Å². The third-order valence-electron chi connectivity index (χ3n) is 8.58. The maximum Gasteiger partial charge on any atom is 0.303 e. The number of likely N-dealkylation sites (N-methyl/N-ethyl adjacent to an activating group) is 1. The van der Waals surface area contributed by atoms with Crippen molar-refractivity contribution in [3.8, 4) is 0 Å². The molecule has 0 aromatic heterocycles. The average molecular weight is 528 g/mol. The molecule has 1 aliphatic heterocycles. The summed E-state index contributed by atoms with van der Waals surface area (Å²) in [6.07, 6.45) is 13.7. The number of nitrogens with zero attached hydrogens (tertiary/aromatic N) is 1. The van der Waals surface area contributed by atoms with E-state index in [2.05, 4.69) is 32.6 Å². The summed E-state index contributed by atoms with van der Waals surface area (Å²) >= 11 is 0. The first-order valence-corrected chi connectivity index (χ1v) is 17.6. The summed E-state index contributed by atoms with van der Waals surface area (Å²) < 4.78 is 25.5. The molecule has 6 atom stereocenters. The molecule has 2 rings (SSSR count). The second-order valence-corrected chi connectivity index (χ2v) is 16.3. The topological polar surface area (TPSA) is 57.2 Å². The van der Waals surface area contributed by atoms with Crippen LogP contribution in [0.3, 0.4) is 0 Å². The van der Waals surface area contributed by atoms with E-state index in [1.54, 1.807) is 0 Å². The molecule has 0 radical (unpaired) electrons. The average Bonchev–Trinajstić information content (AvgIpc) is 2.86. The van der Waals surface area contributed by atoms with Crippen LogP contribution in [0.25, 0.3) is 0 Å². The predicted octanol–water partition coefficient (Wildman–Crippen LogP) is 7.06. The van der Waals surface area contributed by atoms with E-state index >= 15 is 0 Å². The van der Waals surface area contributed by atoms with Gasteiger partial charge in [0.25, 0.3) is 0 Å². The summed E-state index contributed by atoms with van der Waals surface area (Å²) in [6.45, 7) is 10.6. The van der Waals surface area contributed by atoms with Gasteiger partial charge in [0.1, 0.15) is 0 Å². The Morgan fingerprint density at radius 1 is 0.861 bits per heavy atom. The van der Waals surface area contributed by atoms with Crippen LogP contribution in [0.2, 0.25) is 18.1 Å². The maximum absolute atomic E-state index is 11.9. The molecule has 2 aliphatic rings. The van der Waals surface area contributed by atoms with E-state index in [9.17, 15) is 4.79 Å². The summed E-state index contributed by atoms with van der Waals surface area (Å²) in [4.78, 5) is 14.0. The third-order valence-corrected chi connectivity index (χ3v) is 13.3. The van der Waals surface area contributed by atoms with Crippen molar-refractivity contribution >= 4 is 14.3 Å². The minimum atomic E-state index is -1.55. The largest absolute Gasteiger partial charge is 0.455 e. The summed E-state index contributed by atoms with van der Waals surface area (Å²) in [7, 11) is 2.53. The molecular weight excluding hydrogens is 470 g/mol. The Bertz CT molecular complexity index is 606. The predicted molar refractivity (Wildman–Crippen MR) is 150 cm³/mol. The van der Waals surface area contributed by atoms with Crippen molar-refractivity contribution in [3.05, 3.63) is 0 Å². The number of esters is 1. The van der Waals surface area contributed by atoms with Gasteiger partial charge in [-0.1, -0.05) is 65.7 Å². The van der Waals surface area contributed by atoms with Gasteiger partial charge in [-0.25, -0.2) is 0 Å². The first-order chi connectivity index (χ1) is 17.2. The van der Waals surface area contributed by atoms with Crippen molar-refractivity contribution < 1.29 is 23.4 Å². The van der Waals surface area contributed by atoms with Gasteiger partial charge in [0.2, 0.25) is 0 Å². The number of hydrogen-bond acceptors (Lipinski definition) is 6. The monoisotopic (exact) mass is 527 g/mol. The zero-order chi connectivity index (χ0) is 26.6. The fraction of sp³-hybridized carbons (Fsp3) is 0.966. The minimum Gasteiger partial charge on any atom is -0.455 e. The number of carbonyl (C=O) groups is 1.